The van der Waals surface area contributed by atoms with Crippen LogP contribution in [-0.4, -0.2) is 48.2 Å². The summed E-state index contributed by atoms with van der Waals surface area (Å²) in [6, 6.07) is 0. The summed E-state index contributed by atoms with van der Waals surface area (Å²) in [6.45, 7) is 1.17. The predicted octanol–water partition coefficient (Wildman–Crippen LogP) is 0.409. The zero-order chi connectivity index (χ0) is 14.6. The molecule has 10 heteroatoms. The third-order valence-electron chi connectivity index (χ3n) is 2.13. The number of thiazole rings is 1. The summed E-state index contributed by atoms with van der Waals surface area (Å²) in [7, 11) is -2.61. The van der Waals surface area contributed by atoms with Crippen LogP contribution in [0.1, 0.15) is 23.8 Å². The molecular weight excluding hydrogens is 294 g/mol. The van der Waals surface area contributed by atoms with Gasteiger partial charge in [-0.25, -0.2) is 9.71 Å². The highest BCUT2D eigenvalue weighted by Crippen LogP contribution is 2.18. The molecule has 0 saturated carbocycles. The summed E-state index contributed by atoms with van der Waals surface area (Å²) in [4.78, 5) is 25.2. The molecule has 0 unspecified atom stereocenters. The molecule has 0 aliphatic rings. The summed E-state index contributed by atoms with van der Waals surface area (Å²) in [6.07, 6.45) is -0.298. The van der Waals surface area contributed by atoms with Crippen molar-refractivity contribution in [2.24, 2.45) is 0 Å². The highest BCUT2D eigenvalue weighted by atomic mass is 32.2. The smallest absolute Gasteiger partial charge is 0.304 e. The van der Waals surface area contributed by atoms with Gasteiger partial charge >= 0.3 is 16.2 Å². The predicted molar refractivity (Wildman–Crippen MR) is 69.5 cm³/mol. The van der Waals surface area contributed by atoms with Gasteiger partial charge in [-0.1, -0.05) is 0 Å². The Morgan fingerprint density at radius 2 is 2.16 bits per heavy atom. The van der Waals surface area contributed by atoms with Gasteiger partial charge in [0.2, 0.25) is 0 Å². The molecule has 2 N–H and O–H groups in total. The van der Waals surface area contributed by atoms with Crippen LogP contribution in [0.25, 0.3) is 0 Å². The molecule has 0 bridgehead atoms. The van der Waals surface area contributed by atoms with Gasteiger partial charge in [0.05, 0.1) is 6.42 Å². The normalized spacial score (nSPS) is 11.5. The number of rotatable bonds is 7. The van der Waals surface area contributed by atoms with E-state index in [4.69, 9.17) is 5.11 Å². The molecule has 1 heterocycles. The lowest BCUT2D eigenvalue weighted by atomic mass is 10.4. The molecule has 0 radical (unpaired) electrons. The van der Waals surface area contributed by atoms with Crippen LogP contribution < -0.4 is 4.72 Å². The molecule has 1 aromatic heterocycles. The Labute approximate surface area is 114 Å². The van der Waals surface area contributed by atoms with E-state index >= 15 is 0 Å². The number of hydrogen-bond donors (Lipinski definition) is 2. The summed E-state index contributed by atoms with van der Waals surface area (Å²) in [5.41, 5.74) is 0.177. The fourth-order valence-electron chi connectivity index (χ4n) is 1.04. The van der Waals surface area contributed by atoms with Gasteiger partial charge in [-0.3, -0.25) is 9.59 Å². The number of nitrogens with one attached hydrogen (secondary N) is 1. The fraction of sp³-hybridized carbons (Fsp3) is 0.444. The molecule has 0 fully saturated rings. The lowest BCUT2D eigenvalue weighted by Crippen LogP contribution is -2.34. The molecule has 106 valence electrons. The number of anilines is 1. The third-order valence-corrected chi connectivity index (χ3v) is 4.47. The Kier molecular flexibility index (Phi) is 4.97. The van der Waals surface area contributed by atoms with Gasteiger partial charge in [0.25, 0.3) is 0 Å². The SMILES string of the molecule is CC(=O)c1csc(NS(=O)(=O)N(C)CCC(=O)O)n1. The van der Waals surface area contributed by atoms with Crippen molar-refractivity contribution in [1.82, 2.24) is 9.29 Å². The molecule has 1 aromatic rings. The molecule has 0 amide bonds. The van der Waals surface area contributed by atoms with Crippen molar-refractivity contribution < 1.29 is 23.1 Å². The van der Waals surface area contributed by atoms with Gasteiger partial charge in [-0.2, -0.15) is 12.7 Å². The van der Waals surface area contributed by atoms with Gasteiger partial charge in [-0.05, 0) is 0 Å². The standard InChI is InChI=1S/C9H13N3O5S2/c1-6(13)7-5-18-9(10-7)11-19(16,17)12(2)4-3-8(14)15/h5H,3-4H2,1-2H3,(H,10,11)(H,14,15). The molecule has 1 rings (SSSR count). The zero-order valence-electron chi connectivity index (χ0n) is 10.3. The molecule has 8 nitrogen and oxygen atoms in total. The first-order chi connectivity index (χ1) is 8.72. The van der Waals surface area contributed by atoms with Gasteiger partial charge in [0.15, 0.2) is 10.9 Å². The van der Waals surface area contributed by atoms with Crippen molar-refractivity contribution in [2.45, 2.75) is 13.3 Å². The Balaban J connectivity index is 2.72. The average Bonchev–Trinajstić information content (AvgIpc) is 2.73. The van der Waals surface area contributed by atoms with Crippen molar-refractivity contribution in [3.8, 4) is 0 Å². The third kappa shape index (κ3) is 4.58. The highest BCUT2D eigenvalue weighted by molar-refractivity contribution is 7.90. The second-order valence-corrected chi connectivity index (χ2v) is 6.30. The van der Waals surface area contributed by atoms with E-state index < -0.39 is 16.2 Å². The zero-order valence-corrected chi connectivity index (χ0v) is 11.9. The second kappa shape index (κ2) is 6.08. The van der Waals surface area contributed by atoms with Crippen molar-refractivity contribution in [2.75, 3.05) is 18.3 Å². The molecule has 0 aromatic carbocycles. The largest absolute Gasteiger partial charge is 0.481 e. The molecular formula is C9H13N3O5S2. The van der Waals surface area contributed by atoms with Crippen LogP contribution in [0.2, 0.25) is 0 Å². The minimum atomic E-state index is -3.86. The van der Waals surface area contributed by atoms with Crippen molar-refractivity contribution in [3.63, 3.8) is 0 Å². The first-order valence-corrected chi connectivity index (χ1v) is 7.46. The maximum Gasteiger partial charge on any atom is 0.304 e. The maximum absolute atomic E-state index is 11.8. The van der Waals surface area contributed by atoms with E-state index in [1.165, 1.54) is 19.4 Å². The summed E-state index contributed by atoms with van der Waals surface area (Å²) < 4.78 is 26.6. The Hall–Kier alpha value is -1.52. The number of carboxylic acids is 1. The Bertz CT molecular complexity index is 580. The molecule has 0 aliphatic heterocycles. The van der Waals surface area contributed by atoms with Gasteiger partial charge in [0.1, 0.15) is 5.69 Å². The van der Waals surface area contributed by atoms with E-state index in [1.807, 2.05) is 0 Å². The number of aliphatic carboxylic acids is 1. The first-order valence-electron chi connectivity index (χ1n) is 5.14. The van der Waals surface area contributed by atoms with Crippen LogP contribution in [0.15, 0.2) is 5.38 Å². The molecule has 19 heavy (non-hydrogen) atoms. The monoisotopic (exact) mass is 307 g/mol. The molecule has 0 spiro atoms. The van der Waals surface area contributed by atoms with E-state index in [0.29, 0.717) is 0 Å². The number of nitrogens with zero attached hydrogens (tertiary/aromatic N) is 2. The van der Waals surface area contributed by atoms with Crippen molar-refractivity contribution in [3.05, 3.63) is 11.1 Å². The first kappa shape index (κ1) is 15.5. The molecule has 0 saturated heterocycles. The number of Topliss-reactive ketones (excluding diaryl/α,β-unsaturated/α-hetero) is 1. The van der Waals surface area contributed by atoms with Crippen LogP contribution in [0, 0.1) is 0 Å². The average molecular weight is 307 g/mol. The van der Waals surface area contributed by atoms with Gasteiger partial charge in [-0.15, -0.1) is 11.3 Å². The quantitative estimate of drug-likeness (QED) is 0.705. The highest BCUT2D eigenvalue weighted by Gasteiger charge is 2.20. The van der Waals surface area contributed by atoms with E-state index in [-0.39, 0.29) is 29.6 Å². The van der Waals surface area contributed by atoms with Crippen molar-refractivity contribution in [1.29, 1.82) is 0 Å². The van der Waals surface area contributed by atoms with Crippen LogP contribution in [0.5, 0.6) is 0 Å². The maximum atomic E-state index is 11.8. The molecule has 0 aliphatic carbocycles. The van der Waals surface area contributed by atoms with Gasteiger partial charge in [0, 0.05) is 25.9 Å². The number of hydrogen-bond acceptors (Lipinski definition) is 6. The topological polar surface area (TPSA) is 117 Å². The fourth-order valence-corrected chi connectivity index (χ4v) is 2.90. The second-order valence-electron chi connectivity index (χ2n) is 3.67. The summed E-state index contributed by atoms with van der Waals surface area (Å²) in [5.74, 6) is -1.35. The van der Waals surface area contributed by atoms with E-state index in [1.54, 1.807) is 0 Å². The Morgan fingerprint density at radius 1 is 1.53 bits per heavy atom. The summed E-state index contributed by atoms with van der Waals surface area (Å²) in [5, 5.41) is 10.00. The van der Waals surface area contributed by atoms with Crippen LogP contribution >= 0.6 is 11.3 Å². The van der Waals surface area contributed by atoms with E-state index in [9.17, 15) is 18.0 Å². The van der Waals surface area contributed by atoms with Crippen LogP contribution in [0.3, 0.4) is 0 Å². The van der Waals surface area contributed by atoms with E-state index in [2.05, 4.69) is 9.71 Å². The lowest BCUT2D eigenvalue weighted by Gasteiger charge is -2.15. The summed E-state index contributed by atoms with van der Waals surface area (Å²) >= 11 is 0.981. The minimum Gasteiger partial charge on any atom is -0.481 e. The number of ketones is 1. The van der Waals surface area contributed by atoms with Crippen molar-refractivity contribution >= 4 is 38.4 Å². The number of carbonyl (C=O) groups is 2. The number of carboxylic acid groups (broad SMARTS) is 1. The van der Waals surface area contributed by atoms with Crippen LogP contribution in [-0.2, 0) is 15.0 Å². The minimum absolute atomic E-state index is 0.0624. The van der Waals surface area contributed by atoms with E-state index in [0.717, 1.165) is 15.6 Å². The Morgan fingerprint density at radius 3 is 2.63 bits per heavy atom. The lowest BCUT2D eigenvalue weighted by molar-refractivity contribution is -0.137. The number of aromatic nitrogens is 1. The number of carbonyl (C=O) groups excluding carboxylic acids is 1. The molecule has 0 atom stereocenters. The van der Waals surface area contributed by atoms with Gasteiger partial charge < -0.3 is 5.11 Å². The van der Waals surface area contributed by atoms with Crippen LogP contribution in [0.4, 0.5) is 5.13 Å².